The molecular formula is C16H22N2O2S. The Bertz CT molecular complexity index is 562. The standard InChI is InChI=1S/C16H22N2O2S/c1-17-16(11-19)9-4-5-12(16)8-10-21-15-18-13-6-2-3-7-14(13)20-15/h2-3,6-7,12,17,19H,4-5,8-11H2,1H3. The Morgan fingerprint density at radius 3 is 3.10 bits per heavy atom. The topological polar surface area (TPSA) is 58.3 Å². The highest BCUT2D eigenvalue weighted by Crippen LogP contribution is 2.38. The highest BCUT2D eigenvalue weighted by Gasteiger charge is 2.40. The van der Waals surface area contributed by atoms with Crippen LogP contribution < -0.4 is 5.32 Å². The molecule has 21 heavy (non-hydrogen) atoms. The van der Waals surface area contributed by atoms with Crippen LogP contribution in [-0.4, -0.2) is 35.0 Å². The van der Waals surface area contributed by atoms with Crippen molar-refractivity contribution < 1.29 is 9.52 Å². The summed E-state index contributed by atoms with van der Waals surface area (Å²) in [6, 6.07) is 7.85. The predicted octanol–water partition coefficient (Wildman–Crippen LogP) is 3.06. The molecule has 2 aromatic rings. The number of aliphatic hydroxyl groups is 1. The first-order valence-corrected chi connectivity index (χ1v) is 8.54. The molecule has 0 amide bonds. The summed E-state index contributed by atoms with van der Waals surface area (Å²) in [4.78, 5) is 4.48. The molecule has 5 heteroatoms. The molecule has 1 aromatic carbocycles. The molecule has 2 unspecified atom stereocenters. The second-order valence-corrected chi connectivity index (χ2v) is 6.78. The first-order valence-electron chi connectivity index (χ1n) is 7.55. The van der Waals surface area contributed by atoms with Gasteiger partial charge in [0.1, 0.15) is 5.52 Å². The molecule has 0 bridgehead atoms. The fourth-order valence-corrected chi connectivity index (χ4v) is 4.27. The molecule has 0 spiro atoms. The quantitative estimate of drug-likeness (QED) is 0.803. The summed E-state index contributed by atoms with van der Waals surface area (Å²) in [7, 11) is 1.96. The van der Waals surface area contributed by atoms with Crippen LogP contribution >= 0.6 is 11.8 Å². The van der Waals surface area contributed by atoms with Crippen LogP contribution in [0.4, 0.5) is 0 Å². The van der Waals surface area contributed by atoms with Crippen LogP contribution in [0, 0.1) is 5.92 Å². The third-order valence-electron chi connectivity index (χ3n) is 4.70. The van der Waals surface area contributed by atoms with E-state index in [9.17, 15) is 5.11 Å². The molecule has 1 heterocycles. The third kappa shape index (κ3) is 2.96. The molecule has 0 saturated heterocycles. The van der Waals surface area contributed by atoms with Gasteiger partial charge in [-0.3, -0.25) is 0 Å². The van der Waals surface area contributed by atoms with Crippen molar-refractivity contribution in [2.24, 2.45) is 5.92 Å². The maximum atomic E-state index is 9.70. The number of nitrogens with one attached hydrogen (secondary N) is 1. The van der Waals surface area contributed by atoms with E-state index >= 15 is 0 Å². The monoisotopic (exact) mass is 306 g/mol. The predicted molar refractivity (Wildman–Crippen MR) is 85.6 cm³/mol. The molecular weight excluding hydrogens is 284 g/mol. The molecule has 2 N–H and O–H groups in total. The van der Waals surface area contributed by atoms with Crippen LogP contribution in [-0.2, 0) is 0 Å². The van der Waals surface area contributed by atoms with Crippen LogP contribution in [0.3, 0.4) is 0 Å². The van der Waals surface area contributed by atoms with E-state index in [0.717, 1.165) is 34.9 Å². The molecule has 0 aliphatic heterocycles. The summed E-state index contributed by atoms with van der Waals surface area (Å²) < 4.78 is 5.72. The molecule has 3 rings (SSSR count). The number of rotatable bonds is 6. The number of aliphatic hydroxyl groups excluding tert-OH is 1. The highest BCUT2D eigenvalue weighted by molar-refractivity contribution is 7.99. The first-order chi connectivity index (χ1) is 10.3. The Balaban J connectivity index is 1.58. The maximum absolute atomic E-state index is 9.70. The Morgan fingerprint density at radius 2 is 2.33 bits per heavy atom. The van der Waals surface area contributed by atoms with E-state index in [2.05, 4.69) is 10.3 Å². The lowest BCUT2D eigenvalue weighted by Gasteiger charge is -2.33. The van der Waals surface area contributed by atoms with E-state index in [1.165, 1.54) is 12.8 Å². The summed E-state index contributed by atoms with van der Waals surface area (Å²) in [5.74, 6) is 1.50. The Kier molecular flexibility index (Phi) is 4.52. The van der Waals surface area contributed by atoms with Gasteiger partial charge in [-0.25, -0.2) is 4.98 Å². The number of thioether (sulfide) groups is 1. The van der Waals surface area contributed by atoms with Crippen molar-refractivity contribution in [1.29, 1.82) is 0 Å². The number of benzene rings is 1. The van der Waals surface area contributed by atoms with Crippen molar-refractivity contribution in [3.05, 3.63) is 24.3 Å². The first kappa shape index (κ1) is 14.9. The number of para-hydroxylation sites is 2. The molecule has 1 aliphatic rings. The van der Waals surface area contributed by atoms with Gasteiger partial charge in [0.05, 0.1) is 6.61 Å². The number of likely N-dealkylation sites (N-methyl/N-ethyl adjacent to an activating group) is 1. The number of nitrogens with zero attached hydrogens (tertiary/aromatic N) is 1. The summed E-state index contributed by atoms with van der Waals surface area (Å²) in [6.45, 7) is 0.224. The van der Waals surface area contributed by atoms with Crippen molar-refractivity contribution in [2.75, 3.05) is 19.4 Å². The number of hydrogen-bond acceptors (Lipinski definition) is 5. The second-order valence-electron chi connectivity index (χ2n) is 5.74. The fourth-order valence-electron chi connectivity index (χ4n) is 3.38. The lowest BCUT2D eigenvalue weighted by atomic mass is 9.86. The molecule has 2 atom stereocenters. The van der Waals surface area contributed by atoms with Crippen molar-refractivity contribution in [3.8, 4) is 0 Å². The van der Waals surface area contributed by atoms with Crippen molar-refractivity contribution in [1.82, 2.24) is 10.3 Å². The molecule has 4 nitrogen and oxygen atoms in total. The Hall–Kier alpha value is -1.04. The maximum Gasteiger partial charge on any atom is 0.256 e. The van der Waals surface area contributed by atoms with Gasteiger partial charge in [0.2, 0.25) is 0 Å². The second kappa shape index (κ2) is 6.38. The number of hydrogen-bond donors (Lipinski definition) is 2. The summed E-state index contributed by atoms with van der Waals surface area (Å²) in [5.41, 5.74) is 1.68. The molecule has 0 radical (unpaired) electrons. The number of fused-ring (bicyclic) bond motifs is 1. The minimum Gasteiger partial charge on any atom is -0.431 e. The minimum atomic E-state index is -0.0815. The van der Waals surface area contributed by atoms with E-state index < -0.39 is 0 Å². The zero-order valence-corrected chi connectivity index (χ0v) is 13.2. The van der Waals surface area contributed by atoms with E-state index in [-0.39, 0.29) is 12.1 Å². The van der Waals surface area contributed by atoms with Gasteiger partial charge in [0.15, 0.2) is 5.58 Å². The van der Waals surface area contributed by atoms with Gasteiger partial charge in [0.25, 0.3) is 5.22 Å². The normalized spacial score (nSPS) is 25.7. The van der Waals surface area contributed by atoms with Gasteiger partial charge >= 0.3 is 0 Å². The van der Waals surface area contributed by atoms with E-state index in [1.54, 1.807) is 11.8 Å². The van der Waals surface area contributed by atoms with E-state index in [4.69, 9.17) is 4.42 Å². The van der Waals surface area contributed by atoms with Crippen molar-refractivity contribution >= 4 is 22.9 Å². The van der Waals surface area contributed by atoms with Crippen LogP contribution in [0.25, 0.3) is 11.1 Å². The Morgan fingerprint density at radius 1 is 1.48 bits per heavy atom. The van der Waals surface area contributed by atoms with Crippen LogP contribution in [0.1, 0.15) is 25.7 Å². The molecule has 1 aromatic heterocycles. The van der Waals surface area contributed by atoms with Gasteiger partial charge in [-0.1, -0.05) is 30.3 Å². The minimum absolute atomic E-state index is 0.0815. The highest BCUT2D eigenvalue weighted by atomic mass is 32.2. The number of oxazole rings is 1. The largest absolute Gasteiger partial charge is 0.431 e. The van der Waals surface area contributed by atoms with Gasteiger partial charge in [-0.2, -0.15) is 0 Å². The van der Waals surface area contributed by atoms with Gasteiger partial charge in [-0.15, -0.1) is 0 Å². The molecule has 1 saturated carbocycles. The SMILES string of the molecule is CNC1(CO)CCCC1CCSc1nc2ccccc2o1. The van der Waals surface area contributed by atoms with Gasteiger partial charge in [0, 0.05) is 11.3 Å². The third-order valence-corrected chi connectivity index (χ3v) is 5.56. The average molecular weight is 306 g/mol. The van der Waals surface area contributed by atoms with Gasteiger partial charge in [-0.05, 0) is 44.4 Å². The van der Waals surface area contributed by atoms with Crippen molar-refractivity contribution in [2.45, 2.75) is 36.4 Å². The summed E-state index contributed by atoms with van der Waals surface area (Å²) in [6.07, 6.45) is 4.53. The average Bonchev–Trinajstić information content (AvgIpc) is 3.11. The van der Waals surface area contributed by atoms with Gasteiger partial charge < -0.3 is 14.8 Å². The Labute approximate surface area is 129 Å². The number of aromatic nitrogens is 1. The summed E-state index contributed by atoms with van der Waals surface area (Å²) >= 11 is 1.67. The smallest absolute Gasteiger partial charge is 0.256 e. The van der Waals surface area contributed by atoms with Crippen molar-refractivity contribution in [3.63, 3.8) is 0 Å². The zero-order chi connectivity index (χ0) is 14.7. The lowest BCUT2D eigenvalue weighted by Crippen LogP contribution is -2.49. The summed E-state index contributed by atoms with van der Waals surface area (Å²) in [5, 5.41) is 13.8. The van der Waals surface area contributed by atoms with Crippen LogP contribution in [0.2, 0.25) is 0 Å². The molecule has 1 aliphatic carbocycles. The molecule has 114 valence electrons. The van der Waals surface area contributed by atoms with E-state index in [0.29, 0.717) is 5.92 Å². The van der Waals surface area contributed by atoms with E-state index in [1.807, 2.05) is 31.3 Å². The zero-order valence-electron chi connectivity index (χ0n) is 12.3. The fraction of sp³-hybridized carbons (Fsp3) is 0.562. The molecule has 1 fully saturated rings. The lowest BCUT2D eigenvalue weighted by molar-refractivity contribution is 0.130. The van der Waals surface area contributed by atoms with Crippen LogP contribution in [0.5, 0.6) is 0 Å². The van der Waals surface area contributed by atoms with Crippen LogP contribution in [0.15, 0.2) is 33.9 Å².